The molecule has 2 heterocycles. The predicted molar refractivity (Wildman–Crippen MR) is 137 cm³/mol. The molecule has 0 saturated heterocycles. The average molecular weight is 557 g/mol. The Morgan fingerprint density at radius 3 is 1.38 bits per heavy atom. The van der Waals surface area contributed by atoms with Crippen molar-refractivity contribution in [3.05, 3.63) is 76.8 Å². The van der Waals surface area contributed by atoms with E-state index >= 15 is 0 Å². The van der Waals surface area contributed by atoms with Crippen LogP contribution in [0, 0.1) is 9.54 Å². The van der Waals surface area contributed by atoms with E-state index in [9.17, 15) is 33.0 Å². The molecule has 3 aromatic rings. The van der Waals surface area contributed by atoms with Crippen molar-refractivity contribution in [3.63, 3.8) is 0 Å². The van der Waals surface area contributed by atoms with E-state index in [1.54, 1.807) is 27.7 Å². The van der Waals surface area contributed by atoms with Gasteiger partial charge < -0.3 is 10.2 Å². The molecule has 0 saturated carbocycles. The van der Waals surface area contributed by atoms with E-state index in [2.05, 4.69) is 0 Å². The molecule has 0 aliphatic rings. The Kier molecular flexibility index (Phi) is 8.18. The first kappa shape index (κ1) is 28.4. The predicted octanol–water partition coefficient (Wildman–Crippen LogP) is 4.76. The highest BCUT2D eigenvalue weighted by Crippen LogP contribution is 2.38. The van der Waals surface area contributed by atoms with Crippen LogP contribution in [0.3, 0.4) is 0 Å². The normalized spacial score (nSPS) is 11.9. The van der Waals surface area contributed by atoms with Gasteiger partial charge in [-0.15, -0.1) is 0 Å². The average Bonchev–Trinajstić information content (AvgIpc) is 2.83. The zero-order valence-electron chi connectivity index (χ0n) is 20.7. The monoisotopic (exact) mass is 556 g/mol. The van der Waals surface area contributed by atoms with E-state index < -0.39 is 40.5 Å². The number of aromatic hydroxyl groups is 2. The molecule has 13 heteroatoms. The molecule has 0 atom stereocenters. The summed E-state index contributed by atoms with van der Waals surface area (Å²) in [5.74, 6) is -2.52. The first-order valence-electron chi connectivity index (χ1n) is 11.7. The van der Waals surface area contributed by atoms with Gasteiger partial charge in [-0.05, 0) is 69.8 Å². The maximum Gasteiger partial charge on any atom is 0.416 e. The summed E-state index contributed by atoms with van der Waals surface area (Å²) in [6.07, 6.45) is -4.62. The maximum absolute atomic E-state index is 13.6. The minimum Gasteiger partial charge on any atom is -0.494 e. The summed E-state index contributed by atoms with van der Waals surface area (Å²) >= 11 is 10.7. The lowest BCUT2D eigenvalue weighted by atomic mass is 9.86. The third kappa shape index (κ3) is 4.77. The van der Waals surface area contributed by atoms with Crippen LogP contribution in [0.2, 0.25) is 0 Å². The number of rotatable bonds is 7. The first-order valence-corrected chi connectivity index (χ1v) is 12.5. The second-order valence-electron chi connectivity index (χ2n) is 8.18. The molecule has 0 radical (unpaired) electrons. The summed E-state index contributed by atoms with van der Waals surface area (Å²) in [5, 5.41) is 22.4. The fraction of sp³-hybridized carbons (Fsp3) is 0.417. The zero-order chi connectivity index (χ0) is 27.8. The number of nitrogens with zero attached hydrogens (tertiary/aromatic N) is 4. The van der Waals surface area contributed by atoms with Crippen molar-refractivity contribution in [1.82, 2.24) is 18.3 Å². The lowest BCUT2D eigenvalue weighted by Gasteiger charge is -2.25. The van der Waals surface area contributed by atoms with Crippen LogP contribution in [0.4, 0.5) is 13.2 Å². The highest BCUT2D eigenvalue weighted by Gasteiger charge is 2.35. The lowest BCUT2D eigenvalue weighted by molar-refractivity contribution is -0.137. The van der Waals surface area contributed by atoms with Gasteiger partial charge in [-0.3, -0.25) is 27.9 Å². The molecule has 0 aliphatic carbocycles. The Hall–Kier alpha value is -3.19. The summed E-state index contributed by atoms with van der Waals surface area (Å²) in [7, 11) is 0. The molecule has 0 spiro atoms. The number of halogens is 3. The molecule has 2 N–H and O–H groups in total. The summed E-state index contributed by atoms with van der Waals surface area (Å²) in [6.45, 7) is 7.33. The fourth-order valence-corrected chi connectivity index (χ4v) is 5.25. The number of alkyl halides is 3. The largest absolute Gasteiger partial charge is 0.494 e. The maximum atomic E-state index is 13.6. The van der Waals surface area contributed by atoms with E-state index in [-0.39, 0.29) is 52.4 Å². The van der Waals surface area contributed by atoms with Gasteiger partial charge in [0.15, 0.2) is 9.54 Å². The molecule has 37 heavy (non-hydrogen) atoms. The minimum absolute atomic E-state index is 0.0436. The summed E-state index contributed by atoms with van der Waals surface area (Å²) in [5.41, 5.74) is -2.91. The molecule has 1 aromatic carbocycles. The van der Waals surface area contributed by atoms with Crippen LogP contribution >= 0.6 is 24.4 Å². The molecule has 0 bridgehead atoms. The molecule has 0 amide bonds. The smallest absolute Gasteiger partial charge is 0.416 e. The van der Waals surface area contributed by atoms with Gasteiger partial charge in [0.25, 0.3) is 11.1 Å². The lowest BCUT2D eigenvalue weighted by Crippen LogP contribution is -2.34. The third-order valence-corrected chi connectivity index (χ3v) is 7.16. The molecular weight excluding hydrogens is 529 g/mol. The molecule has 0 fully saturated rings. The molecule has 0 aliphatic heterocycles. The van der Waals surface area contributed by atoms with Gasteiger partial charge in [0.1, 0.15) is 0 Å². The summed E-state index contributed by atoms with van der Waals surface area (Å²) < 4.78 is 45.0. The second-order valence-corrected chi connectivity index (χ2v) is 8.91. The Morgan fingerprint density at radius 2 is 1.08 bits per heavy atom. The van der Waals surface area contributed by atoms with E-state index in [0.717, 1.165) is 24.3 Å². The van der Waals surface area contributed by atoms with E-state index in [0.29, 0.717) is 0 Å². The number of benzene rings is 1. The zero-order valence-corrected chi connectivity index (χ0v) is 22.3. The Morgan fingerprint density at radius 1 is 0.730 bits per heavy atom. The van der Waals surface area contributed by atoms with E-state index in [1.807, 2.05) is 0 Å². The Labute approximate surface area is 220 Å². The molecule has 200 valence electrons. The van der Waals surface area contributed by atoms with Gasteiger partial charge in [0.2, 0.25) is 11.8 Å². The van der Waals surface area contributed by atoms with Gasteiger partial charge >= 0.3 is 6.18 Å². The van der Waals surface area contributed by atoms with Gasteiger partial charge in [-0.25, -0.2) is 0 Å². The van der Waals surface area contributed by atoms with Crippen molar-refractivity contribution >= 4 is 24.4 Å². The van der Waals surface area contributed by atoms with Crippen LogP contribution in [0.1, 0.15) is 55.9 Å². The quantitative estimate of drug-likeness (QED) is 0.408. The van der Waals surface area contributed by atoms with Crippen LogP contribution in [0.25, 0.3) is 0 Å². The van der Waals surface area contributed by atoms with E-state index in [4.69, 9.17) is 24.4 Å². The molecular formula is C24H27F3N4O4S2. The van der Waals surface area contributed by atoms with Crippen LogP contribution in [-0.2, 0) is 32.4 Å². The van der Waals surface area contributed by atoms with Gasteiger partial charge in [0.05, 0.1) is 22.6 Å². The molecule has 8 nitrogen and oxygen atoms in total. The molecule has 2 aromatic heterocycles. The topological polar surface area (TPSA) is 94.3 Å². The highest BCUT2D eigenvalue weighted by atomic mass is 32.1. The highest BCUT2D eigenvalue weighted by molar-refractivity contribution is 7.71. The number of aromatic nitrogens is 4. The van der Waals surface area contributed by atoms with Crippen molar-refractivity contribution in [2.45, 2.75) is 66.0 Å². The third-order valence-electron chi connectivity index (χ3n) is 6.28. The van der Waals surface area contributed by atoms with Gasteiger partial charge in [-0.2, -0.15) is 13.2 Å². The van der Waals surface area contributed by atoms with Crippen molar-refractivity contribution in [2.24, 2.45) is 0 Å². The standard InChI is InChI=1S/C24H27F3N4O4S2/c1-5-28-18(32)16(19(33)29(6-2)22(28)36)15(13-9-11-14(12-10-13)24(25,26)27)17-20(34)30(7-3)23(37)31(8-4)21(17)35/h9-12,15,32,34H,5-8H2,1-4H3. The Balaban J connectivity index is 2.59. The van der Waals surface area contributed by atoms with Crippen LogP contribution in [0.5, 0.6) is 11.8 Å². The van der Waals surface area contributed by atoms with Crippen LogP contribution in [0.15, 0.2) is 33.9 Å². The molecule has 0 unspecified atom stereocenters. The van der Waals surface area contributed by atoms with Crippen molar-refractivity contribution in [1.29, 1.82) is 0 Å². The van der Waals surface area contributed by atoms with Crippen molar-refractivity contribution in [2.75, 3.05) is 0 Å². The SMILES string of the molecule is CCn1c(O)c(C(c2ccc(C(F)(F)F)cc2)c2c(O)n(CC)c(=S)n(CC)c2=O)c(=O)n(CC)c1=S. The van der Waals surface area contributed by atoms with Gasteiger partial charge in [-0.1, -0.05) is 12.1 Å². The second kappa shape index (κ2) is 10.7. The van der Waals surface area contributed by atoms with Gasteiger partial charge in [0, 0.05) is 26.2 Å². The fourth-order valence-electron chi connectivity index (χ4n) is 4.39. The van der Waals surface area contributed by atoms with E-state index in [1.165, 1.54) is 18.3 Å². The summed E-state index contributed by atoms with van der Waals surface area (Å²) in [6, 6.07) is 3.87. The van der Waals surface area contributed by atoms with Crippen molar-refractivity contribution in [3.8, 4) is 11.8 Å². The first-order chi connectivity index (χ1) is 17.3. The van der Waals surface area contributed by atoms with Crippen LogP contribution < -0.4 is 11.1 Å². The number of hydrogen-bond acceptors (Lipinski definition) is 6. The summed E-state index contributed by atoms with van der Waals surface area (Å²) in [4.78, 5) is 27.3. The minimum atomic E-state index is -4.62. The molecule has 3 rings (SSSR count). The number of hydrogen-bond donors (Lipinski definition) is 2. The van der Waals surface area contributed by atoms with Crippen molar-refractivity contribution < 1.29 is 23.4 Å². The Bertz CT molecular complexity index is 1480. The van der Waals surface area contributed by atoms with Crippen LogP contribution in [-0.4, -0.2) is 28.5 Å².